The Morgan fingerprint density at radius 3 is 2.43 bits per heavy atom. The highest BCUT2D eigenvalue weighted by Crippen LogP contribution is 2.35. The van der Waals surface area contributed by atoms with Gasteiger partial charge >= 0.3 is 5.97 Å². The van der Waals surface area contributed by atoms with E-state index in [1.54, 1.807) is 6.92 Å². The highest BCUT2D eigenvalue weighted by Gasteiger charge is 2.32. The van der Waals surface area contributed by atoms with Gasteiger partial charge in [0.25, 0.3) is 0 Å². The van der Waals surface area contributed by atoms with Crippen LogP contribution in [0.2, 0.25) is 0 Å². The fourth-order valence-corrected chi connectivity index (χ4v) is 3.33. The Morgan fingerprint density at radius 1 is 1.07 bits per heavy atom. The van der Waals surface area contributed by atoms with Crippen molar-refractivity contribution in [2.75, 3.05) is 6.61 Å². The third-order valence-corrected chi connectivity index (χ3v) is 5.06. The fourth-order valence-electron chi connectivity index (χ4n) is 3.33. The molecule has 0 aliphatic heterocycles. The van der Waals surface area contributed by atoms with Crippen LogP contribution >= 0.6 is 0 Å². The van der Waals surface area contributed by atoms with Crippen molar-refractivity contribution >= 4 is 17.3 Å². The van der Waals surface area contributed by atoms with E-state index in [4.69, 9.17) is 4.74 Å². The van der Waals surface area contributed by atoms with Gasteiger partial charge in [0.2, 0.25) is 5.78 Å². The normalized spacial score (nSPS) is 15.5. The Balaban J connectivity index is 1.95. The van der Waals surface area contributed by atoms with Crippen LogP contribution in [-0.4, -0.2) is 38.3 Å². The van der Waals surface area contributed by atoms with E-state index in [0.717, 1.165) is 25.7 Å². The molecule has 2 aromatic heterocycles. The lowest BCUT2D eigenvalue weighted by Gasteiger charge is -2.21. The van der Waals surface area contributed by atoms with Crippen LogP contribution in [0.4, 0.5) is 0 Å². The molecule has 28 heavy (non-hydrogen) atoms. The number of hydrogen-bond acceptors (Lipinski definition) is 7. The first kappa shape index (κ1) is 19.8. The lowest BCUT2D eigenvalue weighted by molar-refractivity contribution is -0.140. The molecule has 7 nitrogen and oxygen atoms in total. The molecule has 2 heterocycles. The molecule has 146 valence electrons. The minimum absolute atomic E-state index is 0.244. The quantitative estimate of drug-likeness (QED) is 0.458. The minimum Gasteiger partial charge on any atom is -0.462 e. The zero-order chi connectivity index (χ0) is 20.1. The summed E-state index contributed by atoms with van der Waals surface area (Å²) in [6, 6.07) is 0. The molecule has 0 saturated carbocycles. The van der Waals surface area contributed by atoms with Gasteiger partial charge in [0.05, 0.1) is 17.9 Å². The predicted molar refractivity (Wildman–Crippen MR) is 103 cm³/mol. The molecule has 0 fully saturated rings. The van der Waals surface area contributed by atoms with E-state index in [0.29, 0.717) is 40.5 Å². The Kier molecular flexibility index (Phi) is 6.23. The first-order valence-electron chi connectivity index (χ1n) is 9.61. The van der Waals surface area contributed by atoms with Crippen molar-refractivity contribution in [3.8, 4) is 0 Å². The molecule has 0 amide bonds. The number of ether oxygens (including phenoxy) is 1. The van der Waals surface area contributed by atoms with Crippen LogP contribution < -0.4 is 0 Å². The van der Waals surface area contributed by atoms with Crippen molar-refractivity contribution in [2.24, 2.45) is 5.92 Å². The Hall–Kier alpha value is -2.96. The average Bonchev–Trinajstić information content (AvgIpc) is 2.74. The first-order valence-corrected chi connectivity index (χ1v) is 9.61. The predicted octanol–water partition coefficient (Wildman–Crippen LogP) is 3.39. The molecule has 2 aromatic rings. The number of rotatable bonds is 7. The molecule has 0 N–H and O–H groups in total. The van der Waals surface area contributed by atoms with E-state index in [9.17, 15) is 9.59 Å². The molecule has 1 unspecified atom stereocenters. The number of esters is 1. The van der Waals surface area contributed by atoms with Crippen molar-refractivity contribution in [3.05, 3.63) is 53.1 Å². The topological polar surface area (TPSA) is 94.9 Å². The third-order valence-electron chi connectivity index (χ3n) is 5.06. The number of ketones is 1. The maximum Gasteiger partial charge on any atom is 0.334 e. The maximum atomic E-state index is 12.8. The number of aromatic nitrogens is 4. The second-order valence-electron chi connectivity index (χ2n) is 6.91. The molecular weight excluding hydrogens is 356 g/mol. The number of carbonyl (C=O) groups excluding carboxylic acids is 2. The lowest BCUT2D eigenvalue weighted by atomic mass is 9.86. The van der Waals surface area contributed by atoms with Crippen LogP contribution in [0.1, 0.15) is 73.8 Å². The van der Waals surface area contributed by atoms with E-state index >= 15 is 0 Å². The van der Waals surface area contributed by atoms with Gasteiger partial charge in [-0.2, -0.15) is 0 Å². The second-order valence-corrected chi connectivity index (χ2v) is 6.91. The first-order chi connectivity index (χ1) is 13.6. The smallest absolute Gasteiger partial charge is 0.334 e. The van der Waals surface area contributed by atoms with Crippen LogP contribution in [0, 0.1) is 5.92 Å². The molecular formula is C21H24N4O3. The number of hydrogen-bond donors (Lipinski definition) is 0. The van der Waals surface area contributed by atoms with E-state index < -0.39 is 5.97 Å². The number of fused-ring (bicyclic) bond motifs is 2. The summed E-state index contributed by atoms with van der Waals surface area (Å²) >= 11 is 0. The van der Waals surface area contributed by atoms with Gasteiger partial charge in [-0.05, 0) is 19.3 Å². The van der Waals surface area contributed by atoms with E-state index in [1.807, 2.05) is 0 Å². The summed E-state index contributed by atoms with van der Waals surface area (Å²) in [6.45, 7) is 6.32. The van der Waals surface area contributed by atoms with Gasteiger partial charge in [-0.25, -0.2) is 24.7 Å². The van der Waals surface area contributed by atoms with Crippen molar-refractivity contribution in [2.45, 2.75) is 46.5 Å². The van der Waals surface area contributed by atoms with Gasteiger partial charge in [0.1, 0.15) is 18.3 Å². The largest absolute Gasteiger partial charge is 0.462 e. The molecule has 1 aliphatic rings. The van der Waals surface area contributed by atoms with Gasteiger partial charge in [-0.3, -0.25) is 4.79 Å². The summed E-state index contributed by atoms with van der Waals surface area (Å²) in [4.78, 5) is 41.8. The van der Waals surface area contributed by atoms with Crippen LogP contribution in [0.3, 0.4) is 0 Å². The summed E-state index contributed by atoms with van der Waals surface area (Å²) in [5.74, 6) is -0.345. The molecule has 1 aliphatic carbocycles. The second kappa shape index (κ2) is 8.82. The summed E-state index contributed by atoms with van der Waals surface area (Å²) in [7, 11) is 0. The minimum atomic E-state index is -0.418. The maximum absolute atomic E-state index is 12.8. The van der Waals surface area contributed by atoms with Gasteiger partial charge < -0.3 is 4.74 Å². The molecule has 7 heteroatoms. The Labute approximate surface area is 164 Å². The van der Waals surface area contributed by atoms with Gasteiger partial charge in [-0.1, -0.05) is 33.1 Å². The molecule has 0 spiro atoms. The Morgan fingerprint density at radius 2 is 1.75 bits per heavy atom. The van der Waals surface area contributed by atoms with Crippen molar-refractivity contribution in [1.82, 2.24) is 19.9 Å². The molecule has 1 atom stereocenters. The van der Waals surface area contributed by atoms with Crippen LogP contribution in [0.15, 0.2) is 30.6 Å². The summed E-state index contributed by atoms with van der Waals surface area (Å²) in [6.07, 6.45) is 9.90. The van der Waals surface area contributed by atoms with Crippen LogP contribution in [0.25, 0.3) is 5.57 Å². The van der Waals surface area contributed by atoms with Crippen LogP contribution in [-0.2, 0) is 9.53 Å². The zero-order valence-electron chi connectivity index (χ0n) is 16.4. The van der Waals surface area contributed by atoms with Crippen LogP contribution in [0.5, 0.6) is 0 Å². The summed E-state index contributed by atoms with van der Waals surface area (Å²) in [5.41, 5.74) is 2.38. The summed E-state index contributed by atoms with van der Waals surface area (Å²) in [5, 5.41) is 0. The van der Waals surface area contributed by atoms with Crippen molar-refractivity contribution < 1.29 is 14.3 Å². The molecule has 0 saturated heterocycles. The standard InChI is InChI=1S/C21H24N4O3/c1-4-6-7-14(5-2)10-28-21(27)13(3)17-15-8-22-12-25-19(15)20(26)16-9-23-11-24-18(16)17/h8-9,11-12,14H,4-7,10H2,1-3H3/b17-13+. The zero-order valence-corrected chi connectivity index (χ0v) is 16.4. The average molecular weight is 380 g/mol. The molecule has 0 radical (unpaired) electrons. The number of unbranched alkanes of at least 4 members (excludes halogenated alkanes) is 1. The van der Waals surface area contributed by atoms with E-state index in [1.165, 1.54) is 25.0 Å². The van der Waals surface area contributed by atoms with Gasteiger partial charge in [0, 0.05) is 29.1 Å². The van der Waals surface area contributed by atoms with E-state index in [-0.39, 0.29) is 11.5 Å². The van der Waals surface area contributed by atoms with Gasteiger partial charge in [0.15, 0.2) is 0 Å². The molecule has 0 aromatic carbocycles. The SMILES string of the molecule is CCCCC(CC)COC(=O)/C(C)=C1\c2cncnc2C(=O)c2cncnc21. The van der Waals surface area contributed by atoms with Gasteiger partial charge in [-0.15, -0.1) is 0 Å². The van der Waals surface area contributed by atoms with Crippen molar-refractivity contribution in [3.63, 3.8) is 0 Å². The fraction of sp³-hybridized carbons (Fsp3) is 0.429. The lowest BCUT2D eigenvalue weighted by Crippen LogP contribution is -2.21. The Bertz CT molecular complexity index is 872. The number of carbonyl (C=O) groups is 2. The molecule has 0 bridgehead atoms. The third kappa shape index (κ3) is 3.83. The monoisotopic (exact) mass is 380 g/mol. The highest BCUT2D eigenvalue weighted by atomic mass is 16.5. The van der Waals surface area contributed by atoms with E-state index in [2.05, 4.69) is 33.8 Å². The number of nitrogens with zero attached hydrogens (tertiary/aromatic N) is 4. The molecule has 3 rings (SSSR count). The summed E-state index contributed by atoms with van der Waals surface area (Å²) < 4.78 is 5.60. The highest BCUT2D eigenvalue weighted by molar-refractivity contribution is 6.19. The van der Waals surface area contributed by atoms with Crippen molar-refractivity contribution in [1.29, 1.82) is 0 Å².